The third kappa shape index (κ3) is 3.43. The van der Waals surface area contributed by atoms with E-state index < -0.39 is 6.10 Å². The molecule has 2 rings (SSSR count). The van der Waals surface area contributed by atoms with Crippen LogP contribution in [0, 0.1) is 0 Å². The number of anilines is 1. The van der Waals surface area contributed by atoms with E-state index in [1.54, 1.807) is 13.1 Å². The van der Waals surface area contributed by atoms with E-state index in [1.807, 2.05) is 12.1 Å². The molecule has 1 atom stereocenters. The first-order chi connectivity index (χ1) is 8.66. The Hall–Kier alpha value is -1.13. The second-order valence-electron chi connectivity index (χ2n) is 5.10. The number of aliphatic hydroxyl groups excluding tert-OH is 1. The predicted molar refractivity (Wildman–Crippen MR) is 73.8 cm³/mol. The Morgan fingerprint density at radius 2 is 2.11 bits per heavy atom. The molecule has 1 saturated heterocycles. The van der Waals surface area contributed by atoms with Crippen LogP contribution >= 0.6 is 0 Å². The van der Waals surface area contributed by atoms with Gasteiger partial charge in [-0.1, -0.05) is 6.07 Å². The normalized spacial score (nSPS) is 17.9. The molecule has 0 amide bonds. The van der Waals surface area contributed by atoms with Gasteiger partial charge in [-0.2, -0.15) is 0 Å². The zero-order valence-corrected chi connectivity index (χ0v) is 11.3. The number of aliphatic hydroxyl groups is 1. The van der Waals surface area contributed by atoms with Crippen molar-refractivity contribution in [3.05, 3.63) is 23.9 Å². The molecule has 1 fully saturated rings. The Morgan fingerprint density at radius 1 is 1.39 bits per heavy atom. The summed E-state index contributed by atoms with van der Waals surface area (Å²) in [5.74, 6) is 0.971. The van der Waals surface area contributed by atoms with Crippen molar-refractivity contribution in [3.63, 3.8) is 0 Å². The molecule has 4 nitrogen and oxygen atoms in total. The van der Waals surface area contributed by atoms with Gasteiger partial charge in [0.05, 0.1) is 6.10 Å². The number of likely N-dealkylation sites (tertiary alicyclic amines) is 1. The first-order valence-corrected chi connectivity index (χ1v) is 6.74. The van der Waals surface area contributed by atoms with Crippen molar-refractivity contribution < 1.29 is 5.11 Å². The van der Waals surface area contributed by atoms with Crippen molar-refractivity contribution >= 4 is 5.82 Å². The largest absolute Gasteiger partial charge is 0.389 e. The van der Waals surface area contributed by atoms with Gasteiger partial charge in [-0.05, 0) is 44.5 Å². The molecular formula is C14H23N3O. The molecule has 0 saturated carbocycles. The van der Waals surface area contributed by atoms with E-state index in [4.69, 9.17) is 0 Å². The second kappa shape index (κ2) is 6.16. The molecule has 0 aromatic carbocycles. The Bertz CT molecular complexity index is 358. The predicted octanol–water partition coefficient (Wildman–Crippen LogP) is 1.67. The maximum absolute atomic E-state index is 9.44. The lowest BCUT2D eigenvalue weighted by molar-refractivity contribution is 0.199. The molecule has 0 spiro atoms. The van der Waals surface area contributed by atoms with Gasteiger partial charge in [0.25, 0.3) is 0 Å². The minimum Gasteiger partial charge on any atom is -0.389 e. The van der Waals surface area contributed by atoms with E-state index >= 15 is 0 Å². The first-order valence-electron chi connectivity index (χ1n) is 6.74. The lowest BCUT2D eigenvalue weighted by Crippen LogP contribution is -2.31. The molecule has 4 heteroatoms. The maximum Gasteiger partial charge on any atom is 0.128 e. The SMILES string of the molecule is C[C@H](O)c1ccc(N(C)CCN2CCCC2)nc1. The van der Waals surface area contributed by atoms with Gasteiger partial charge in [-0.25, -0.2) is 4.98 Å². The Balaban J connectivity index is 1.85. The summed E-state index contributed by atoms with van der Waals surface area (Å²) < 4.78 is 0. The monoisotopic (exact) mass is 249 g/mol. The summed E-state index contributed by atoms with van der Waals surface area (Å²) in [5.41, 5.74) is 0.867. The minimum atomic E-state index is -0.443. The number of nitrogens with zero attached hydrogens (tertiary/aromatic N) is 3. The van der Waals surface area contributed by atoms with Gasteiger partial charge < -0.3 is 14.9 Å². The number of rotatable bonds is 5. The third-order valence-corrected chi connectivity index (χ3v) is 3.59. The fourth-order valence-electron chi connectivity index (χ4n) is 2.28. The van der Waals surface area contributed by atoms with Gasteiger partial charge >= 0.3 is 0 Å². The first kappa shape index (κ1) is 13.3. The molecule has 0 radical (unpaired) electrons. The molecule has 1 N–H and O–H groups in total. The van der Waals surface area contributed by atoms with Crippen LogP contribution < -0.4 is 4.90 Å². The fraction of sp³-hybridized carbons (Fsp3) is 0.643. The number of aromatic nitrogens is 1. The standard InChI is InChI=1S/C14H23N3O/c1-12(18)13-5-6-14(15-11-13)16(2)9-10-17-7-3-4-8-17/h5-6,11-12,18H,3-4,7-10H2,1-2H3/t12-/m0/s1. The Labute approximate surface area is 109 Å². The lowest BCUT2D eigenvalue weighted by atomic mass is 10.2. The average Bonchev–Trinajstić information content (AvgIpc) is 2.89. The van der Waals surface area contributed by atoms with Crippen LogP contribution in [0.4, 0.5) is 5.82 Å². The summed E-state index contributed by atoms with van der Waals surface area (Å²) in [5, 5.41) is 9.44. The van der Waals surface area contributed by atoms with Crippen LogP contribution in [0.5, 0.6) is 0 Å². The van der Waals surface area contributed by atoms with Crippen LogP contribution in [0.25, 0.3) is 0 Å². The summed E-state index contributed by atoms with van der Waals surface area (Å²) in [4.78, 5) is 9.06. The highest BCUT2D eigenvalue weighted by Crippen LogP contribution is 2.15. The zero-order valence-electron chi connectivity index (χ0n) is 11.3. The molecule has 1 aliphatic heterocycles. The molecule has 2 heterocycles. The highest BCUT2D eigenvalue weighted by Gasteiger charge is 2.12. The van der Waals surface area contributed by atoms with E-state index in [0.717, 1.165) is 24.5 Å². The molecule has 0 unspecified atom stereocenters. The number of hydrogen-bond donors (Lipinski definition) is 1. The highest BCUT2D eigenvalue weighted by atomic mass is 16.3. The van der Waals surface area contributed by atoms with Gasteiger partial charge in [0.2, 0.25) is 0 Å². The van der Waals surface area contributed by atoms with E-state index in [1.165, 1.54) is 25.9 Å². The smallest absolute Gasteiger partial charge is 0.128 e. The van der Waals surface area contributed by atoms with E-state index in [9.17, 15) is 5.11 Å². The van der Waals surface area contributed by atoms with E-state index in [-0.39, 0.29) is 0 Å². The van der Waals surface area contributed by atoms with Crippen molar-refractivity contribution in [2.45, 2.75) is 25.9 Å². The molecule has 1 aromatic rings. The Kier molecular flexibility index (Phi) is 4.55. The van der Waals surface area contributed by atoms with Gasteiger partial charge in [0, 0.05) is 26.3 Å². The van der Waals surface area contributed by atoms with E-state index in [0.29, 0.717) is 0 Å². The molecule has 18 heavy (non-hydrogen) atoms. The van der Waals surface area contributed by atoms with Gasteiger partial charge in [0.15, 0.2) is 0 Å². The third-order valence-electron chi connectivity index (χ3n) is 3.59. The van der Waals surface area contributed by atoms with Crippen LogP contribution in [0.2, 0.25) is 0 Å². The van der Waals surface area contributed by atoms with Crippen LogP contribution in [0.3, 0.4) is 0 Å². The summed E-state index contributed by atoms with van der Waals surface area (Å²) >= 11 is 0. The number of likely N-dealkylation sites (N-methyl/N-ethyl adjacent to an activating group) is 1. The molecule has 1 aliphatic rings. The fourth-order valence-corrected chi connectivity index (χ4v) is 2.28. The lowest BCUT2D eigenvalue weighted by Gasteiger charge is -2.22. The summed E-state index contributed by atoms with van der Waals surface area (Å²) in [6.07, 6.45) is 3.99. The summed E-state index contributed by atoms with van der Waals surface area (Å²) in [6.45, 7) is 6.34. The van der Waals surface area contributed by atoms with Crippen LogP contribution in [0.1, 0.15) is 31.4 Å². The second-order valence-corrected chi connectivity index (χ2v) is 5.10. The van der Waals surface area contributed by atoms with Crippen LogP contribution in [-0.2, 0) is 0 Å². The highest BCUT2D eigenvalue weighted by molar-refractivity contribution is 5.38. The van der Waals surface area contributed by atoms with Gasteiger partial charge in [-0.3, -0.25) is 0 Å². The van der Waals surface area contributed by atoms with Crippen LogP contribution in [0.15, 0.2) is 18.3 Å². The maximum atomic E-state index is 9.44. The zero-order chi connectivity index (χ0) is 13.0. The van der Waals surface area contributed by atoms with Crippen molar-refractivity contribution in [2.75, 3.05) is 38.1 Å². The minimum absolute atomic E-state index is 0.443. The van der Waals surface area contributed by atoms with Crippen molar-refractivity contribution in [1.82, 2.24) is 9.88 Å². The van der Waals surface area contributed by atoms with Crippen molar-refractivity contribution in [1.29, 1.82) is 0 Å². The molecular weight excluding hydrogens is 226 g/mol. The molecule has 0 aliphatic carbocycles. The van der Waals surface area contributed by atoms with Crippen molar-refractivity contribution in [3.8, 4) is 0 Å². The summed E-state index contributed by atoms with van der Waals surface area (Å²) in [6, 6.07) is 3.92. The van der Waals surface area contributed by atoms with Crippen molar-refractivity contribution in [2.24, 2.45) is 0 Å². The molecule has 1 aromatic heterocycles. The van der Waals surface area contributed by atoms with Crippen LogP contribution in [-0.4, -0.2) is 48.2 Å². The van der Waals surface area contributed by atoms with Gasteiger partial charge in [0.1, 0.15) is 5.82 Å². The topological polar surface area (TPSA) is 39.6 Å². The average molecular weight is 249 g/mol. The van der Waals surface area contributed by atoms with E-state index in [2.05, 4.69) is 21.8 Å². The molecule has 0 bridgehead atoms. The number of hydrogen-bond acceptors (Lipinski definition) is 4. The molecule has 100 valence electrons. The number of pyridine rings is 1. The Morgan fingerprint density at radius 3 is 2.67 bits per heavy atom. The van der Waals surface area contributed by atoms with Gasteiger partial charge in [-0.15, -0.1) is 0 Å². The quantitative estimate of drug-likeness (QED) is 0.861. The summed E-state index contributed by atoms with van der Waals surface area (Å²) in [7, 11) is 2.07.